The smallest absolute Gasteiger partial charge is 0.373 e. The Hall–Kier alpha value is -1.36. The number of aromatic nitrogens is 1. The first-order valence-corrected chi connectivity index (χ1v) is 4.67. The first kappa shape index (κ1) is 9.21. The first-order chi connectivity index (χ1) is 6.75. The van der Waals surface area contributed by atoms with Crippen molar-refractivity contribution >= 4 is 5.97 Å². The van der Waals surface area contributed by atoms with Gasteiger partial charge in [-0.1, -0.05) is 0 Å². The summed E-state index contributed by atoms with van der Waals surface area (Å²) in [7, 11) is 0. The van der Waals surface area contributed by atoms with E-state index in [0.29, 0.717) is 18.4 Å². The summed E-state index contributed by atoms with van der Waals surface area (Å²) >= 11 is 0. The van der Waals surface area contributed by atoms with Crippen molar-refractivity contribution in [3.05, 3.63) is 17.8 Å². The maximum atomic E-state index is 10.5. The summed E-state index contributed by atoms with van der Waals surface area (Å²) in [6, 6.07) is 0.385. The normalized spacial score (nSPS) is 21.3. The van der Waals surface area contributed by atoms with E-state index >= 15 is 0 Å². The average Bonchev–Trinajstić information content (AvgIpc) is 2.75. The zero-order valence-corrected chi connectivity index (χ0v) is 7.69. The molecule has 0 radical (unpaired) electrons. The summed E-state index contributed by atoms with van der Waals surface area (Å²) in [6.07, 6.45) is 4.20. The Labute approximate surface area is 81.1 Å². The fourth-order valence-corrected chi connectivity index (χ4v) is 1.65. The number of carboxylic acid groups (broad SMARTS) is 1. The van der Waals surface area contributed by atoms with Crippen LogP contribution in [-0.2, 0) is 6.42 Å². The fourth-order valence-electron chi connectivity index (χ4n) is 1.65. The molecule has 1 atom stereocenters. The van der Waals surface area contributed by atoms with E-state index in [0.717, 1.165) is 19.4 Å². The minimum atomic E-state index is -1.07. The number of carboxylic acids is 1. The van der Waals surface area contributed by atoms with Crippen LogP contribution in [0.5, 0.6) is 0 Å². The predicted octanol–water partition coefficient (Wildman–Crippen LogP) is 0.667. The lowest BCUT2D eigenvalue weighted by Crippen LogP contribution is -2.23. The Morgan fingerprint density at radius 1 is 1.79 bits per heavy atom. The highest BCUT2D eigenvalue weighted by atomic mass is 16.4. The second-order valence-electron chi connectivity index (χ2n) is 3.42. The molecule has 1 aliphatic heterocycles. The van der Waals surface area contributed by atoms with E-state index in [1.807, 2.05) is 0 Å². The standard InChI is InChI=1S/C9H12N2O3/c12-9(13)7-5-11-8(14-7)4-6-2-1-3-10-6/h5-6,10H,1-4H2,(H,12,13). The maximum Gasteiger partial charge on any atom is 0.373 e. The van der Waals surface area contributed by atoms with Crippen LogP contribution in [0, 0.1) is 0 Å². The second-order valence-corrected chi connectivity index (χ2v) is 3.42. The van der Waals surface area contributed by atoms with Gasteiger partial charge in [0.2, 0.25) is 5.76 Å². The summed E-state index contributed by atoms with van der Waals surface area (Å²) in [5, 5.41) is 11.9. The van der Waals surface area contributed by atoms with Gasteiger partial charge in [0, 0.05) is 12.5 Å². The van der Waals surface area contributed by atoms with E-state index in [4.69, 9.17) is 9.52 Å². The van der Waals surface area contributed by atoms with Crippen molar-refractivity contribution in [1.82, 2.24) is 10.3 Å². The molecule has 5 nitrogen and oxygen atoms in total. The van der Waals surface area contributed by atoms with Crippen molar-refractivity contribution in [3.8, 4) is 0 Å². The lowest BCUT2D eigenvalue weighted by molar-refractivity contribution is 0.0660. The van der Waals surface area contributed by atoms with Crippen LogP contribution in [0.2, 0.25) is 0 Å². The number of nitrogens with one attached hydrogen (secondary N) is 1. The Balaban J connectivity index is 1.98. The third-order valence-electron chi connectivity index (χ3n) is 2.35. The summed E-state index contributed by atoms with van der Waals surface area (Å²) in [5.74, 6) is -0.650. The van der Waals surface area contributed by atoms with Crippen LogP contribution in [-0.4, -0.2) is 28.6 Å². The summed E-state index contributed by atoms with van der Waals surface area (Å²) in [5.41, 5.74) is 0. The van der Waals surface area contributed by atoms with E-state index in [-0.39, 0.29) is 5.76 Å². The van der Waals surface area contributed by atoms with Crippen molar-refractivity contribution in [2.45, 2.75) is 25.3 Å². The maximum absolute atomic E-state index is 10.5. The van der Waals surface area contributed by atoms with Gasteiger partial charge in [0.25, 0.3) is 0 Å². The largest absolute Gasteiger partial charge is 0.475 e. The number of aromatic carboxylic acids is 1. The summed E-state index contributed by atoms with van der Waals surface area (Å²) in [4.78, 5) is 14.4. The lowest BCUT2D eigenvalue weighted by atomic mass is 10.2. The predicted molar refractivity (Wildman–Crippen MR) is 48.2 cm³/mol. The monoisotopic (exact) mass is 196 g/mol. The van der Waals surface area contributed by atoms with Crippen LogP contribution < -0.4 is 5.32 Å². The van der Waals surface area contributed by atoms with Gasteiger partial charge in [-0.05, 0) is 19.4 Å². The Bertz CT molecular complexity index is 329. The molecule has 2 rings (SSSR count). The van der Waals surface area contributed by atoms with Gasteiger partial charge in [0.05, 0.1) is 6.20 Å². The van der Waals surface area contributed by atoms with Crippen molar-refractivity contribution < 1.29 is 14.3 Å². The molecule has 0 aromatic carbocycles. The SMILES string of the molecule is O=C(O)c1cnc(CC2CCCN2)o1. The molecule has 1 unspecified atom stereocenters. The third kappa shape index (κ3) is 1.93. The molecule has 1 saturated heterocycles. The second kappa shape index (κ2) is 3.79. The van der Waals surface area contributed by atoms with E-state index in [1.54, 1.807) is 0 Å². The molecule has 76 valence electrons. The zero-order chi connectivity index (χ0) is 9.97. The lowest BCUT2D eigenvalue weighted by Gasteiger charge is -2.05. The van der Waals surface area contributed by atoms with E-state index in [9.17, 15) is 4.79 Å². The van der Waals surface area contributed by atoms with Gasteiger partial charge in [-0.15, -0.1) is 0 Å². The molecule has 1 fully saturated rings. The molecule has 14 heavy (non-hydrogen) atoms. The van der Waals surface area contributed by atoms with Crippen molar-refractivity contribution in [2.24, 2.45) is 0 Å². The van der Waals surface area contributed by atoms with Crippen LogP contribution in [0.3, 0.4) is 0 Å². The first-order valence-electron chi connectivity index (χ1n) is 4.67. The molecule has 2 heterocycles. The molecule has 0 bridgehead atoms. The number of carbonyl (C=O) groups is 1. The molecule has 5 heteroatoms. The molecule has 0 aliphatic carbocycles. The number of hydrogen-bond acceptors (Lipinski definition) is 4. The van der Waals surface area contributed by atoms with Crippen molar-refractivity contribution in [3.63, 3.8) is 0 Å². The fraction of sp³-hybridized carbons (Fsp3) is 0.556. The molecule has 0 saturated carbocycles. The van der Waals surface area contributed by atoms with Crippen LogP contribution in [0.15, 0.2) is 10.6 Å². The summed E-state index contributed by atoms with van der Waals surface area (Å²) in [6.45, 7) is 1.02. The quantitative estimate of drug-likeness (QED) is 0.743. The molecule has 1 aromatic heterocycles. The number of oxazole rings is 1. The van der Waals surface area contributed by atoms with Gasteiger partial charge in [0.15, 0.2) is 5.89 Å². The number of rotatable bonds is 3. The van der Waals surface area contributed by atoms with Gasteiger partial charge in [-0.25, -0.2) is 9.78 Å². The molecule has 0 amide bonds. The third-order valence-corrected chi connectivity index (χ3v) is 2.35. The minimum absolute atomic E-state index is 0.0852. The van der Waals surface area contributed by atoms with E-state index in [1.165, 1.54) is 6.20 Å². The van der Waals surface area contributed by atoms with Gasteiger partial charge in [0.1, 0.15) is 0 Å². The highest BCUT2D eigenvalue weighted by Crippen LogP contribution is 2.12. The molecule has 0 spiro atoms. The van der Waals surface area contributed by atoms with Crippen LogP contribution in [0.25, 0.3) is 0 Å². The van der Waals surface area contributed by atoms with Gasteiger partial charge < -0.3 is 14.8 Å². The minimum Gasteiger partial charge on any atom is -0.475 e. The Morgan fingerprint density at radius 3 is 3.21 bits per heavy atom. The Morgan fingerprint density at radius 2 is 2.64 bits per heavy atom. The van der Waals surface area contributed by atoms with Gasteiger partial charge >= 0.3 is 5.97 Å². The Kier molecular flexibility index (Phi) is 2.49. The average molecular weight is 196 g/mol. The highest BCUT2D eigenvalue weighted by Gasteiger charge is 2.18. The van der Waals surface area contributed by atoms with Gasteiger partial charge in [-0.3, -0.25) is 0 Å². The molecule has 1 aromatic rings. The van der Waals surface area contributed by atoms with Gasteiger partial charge in [-0.2, -0.15) is 0 Å². The zero-order valence-electron chi connectivity index (χ0n) is 7.69. The van der Waals surface area contributed by atoms with E-state index in [2.05, 4.69) is 10.3 Å². The number of hydrogen-bond donors (Lipinski definition) is 2. The number of nitrogens with zero attached hydrogens (tertiary/aromatic N) is 1. The topological polar surface area (TPSA) is 75.4 Å². The highest BCUT2D eigenvalue weighted by molar-refractivity contribution is 5.83. The summed E-state index contributed by atoms with van der Waals surface area (Å²) < 4.78 is 5.06. The van der Waals surface area contributed by atoms with Crippen molar-refractivity contribution in [2.75, 3.05) is 6.54 Å². The molecule has 1 aliphatic rings. The molecule has 2 N–H and O–H groups in total. The van der Waals surface area contributed by atoms with Crippen molar-refractivity contribution in [1.29, 1.82) is 0 Å². The molecular weight excluding hydrogens is 184 g/mol. The van der Waals surface area contributed by atoms with Crippen LogP contribution >= 0.6 is 0 Å². The van der Waals surface area contributed by atoms with Crippen LogP contribution in [0.1, 0.15) is 29.3 Å². The van der Waals surface area contributed by atoms with E-state index < -0.39 is 5.97 Å². The molecular formula is C9H12N2O3. The van der Waals surface area contributed by atoms with Crippen LogP contribution in [0.4, 0.5) is 0 Å².